The summed E-state index contributed by atoms with van der Waals surface area (Å²) < 4.78 is 10.1. The van der Waals surface area contributed by atoms with Crippen LogP contribution in [0.2, 0.25) is 0 Å². The van der Waals surface area contributed by atoms with E-state index in [0.29, 0.717) is 19.0 Å². The average molecular weight is 188 g/mol. The van der Waals surface area contributed by atoms with Crippen molar-refractivity contribution in [3.8, 4) is 0 Å². The molecule has 0 atom stereocenters. The molecule has 0 fully saturated rings. The Hall–Kier alpha value is -0.610. The van der Waals surface area contributed by atoms with Gasteiger partial charge in [-0.2, -0.15) is 0 Å². The van der Waals surface area contributed by atoms with Gasteiger partial charge in [-0.15, -0.1) is 0 Å². The second kappa shape index (κ2) is 9.48. The van der Waals surface area contributed by atoms with Crippen LogP contribution in [-0.4, -0.2) is 39.3 Å². The van der Waals surface area contributed by atoms with Crippen molar-refractivity contribution in [2.75, 3.05) is 33.5 Å². The standard InChI is InChI=1S/C9H20N2O2/c1-9(10)11-5-3-4-6-13-8-7-12-2/h3-8H2,1-2H3,(H2,10,11). The van der Waals surface area contributed by atoms with Gasteiger partial charge in [0.1, 0.15) is 0 Å². The third kappa shape index (κ3) is 11.4. The van der Waals surface area contributed by atoms with Crippen LogP contribution in [0, 0.1) is 0 Å². The predicted molar refractivity (Wildman–Crippen MR) is 54.1 cm³/mol. The maximum atomic E-state index is 5.38. The number of nitrogens with zero attached hydrogens (tertiary/aromatic N) is 1. The smallest absolute Gasteiger partial charge is 0.0905 e. The van der Waals surface area contributed by atoms with Crippen molar-refractivity contribution in [1.29, 1.82) is 0 Å². The summed E-state index contributed by atoms with van der Waals surface area (Å²) >= 11 is 0. The first-order valence-electron chi connectivity index (χ1n) is 4.60. The van der Waals surface area contributed by atoms with E-state index < -0.39 is 0 Å². The fraction of sp³-hybridized carbons (Fsp3) is 0.889. The van der Waals surface area contributed by atoms with E-state index in [4.69, 9.17) is 15.2 Å². The highest BCUT2D eigenvalue weighted by Gasteiger charge is 1.89. The molecular formula is C9H20N2O2. The molecule has 0 aliphatic rings. The van der Waals surface area contributed by atoms with Gasteiger partial charge >= 0.3 is 0 Å². The van der Waals surface area contributed by atoms with E-state index in [-0.39, 0.29) is 0 Å². The molecule has 0 bridgehead atoms. The van der Waals surface area contributed by atoms with Gasteiger partial charge in [-0.05, 0) is 19.8 Å². The molecule has 4 heteroatoms. The van der Waals surface area contributed by atoms with Gasteiger partial charge in [0.05, 0.1) is 19.0 Å². The van der Waals surface area contributed by atoms with Gasteiger partial charge in [-0.3, -0.25) is 4.99 Å². The monoisotopic (exact) mass is 188 g/mol. The minimum atomic E-state index is 0.653. The van der Waals surface area contributed by atoms with Crippen LogP contribution in [0.15, 0.2) is 4.99 Å². The van der Waals surface area contributed by atoms with Crippen molar-refractivity contribution in [2.24, 2.45) is 10.7 Å². The van der Waals surface area contributed by atoms with E-state index in [1.807, 2.05) is 0 Å². The number of nitrogens with two attached hydrogens (primary N) is 1. The molecule has 0 radical (unpaired) electrons. The van der Waals surface area contributed by atoms with E-state index in [0.717, 1.165) is 26.0 Å². The average Bonchev–Trinajstić information content (AvgIpc) is 2.09. The van der Waals surface area contributed by atoms with Crippen LogP contribution in [0.25, 0.3) is 0 Å². The summed E-state index contributed by atoms with van der Waals surface area (Å²) in [5.41, 5.74) is 5.38. The third-order valence-electron chi connectivity index (χ3n) is 1.49. The molecule has 13 heavy (non-hydrogen) atoms. The Labute approximate surface area is 80.1 Å². The molecule has 0 saturated carbocycles. The number of hydrogen-bond acceptors (Lipinski definition) is 3. The zero-order chi connectivity index (χ0) is 9.94. The number of unbranched alkanes of at least 4 members (excludes halogenated alkanes) is 1. The van der Waals surface area contributed by atoms with Crippen molar-refractivity contribution in [2.45, 2.75) is 19.8 Å². The second-order valence-corrected chi connectivity index (χ2v) is 2.84. The Kier molecular flexibility index (Phi) is 9.03. The lowest BCUT2D eigenvalue weighted by Gasteiger charge is -2.01. The molecule has 0 amide bonds. The molecule has 2 N–H and O–H groups in total. The zero-order valence-electron chi connectivity index (χ0n) is 8.58. The number of methoxy groups -OCH3 is 1. The molecule has 0 aliphatic carbocycles. The first-order valence-corrected chi connectivity index (χ1v) is 4.60. The van der Waals surface area contributed by atoms with E-state index >= 15 is 0 Å². The lowest BCUT2D eigenvalue weighted by molar-refractivity contribution is 0.0690. The molecule has 0 unspecified atom stereocenters. The highest BCUT2D eigenvalue weighted by molar-refractivity contribution is 5.77. The minimum Gasteiger partial charge on any atom is -0.388 e. The predicted octanol–water partition coefficient (Wildman–Crippen LogP) is 0.807. The molecule has 0 spiro atoms. The fourth-order valence-electron chi connectivity index (χ4n) is 0.816. The number of amidine groups is 1. The summed E-state index contributed by atoms with van der Waals surface area (Å²) in [6.45, 7) is 4.73. The Morgan fingerprint density at radius 1 is 1.23 bits per heavy atom. The van der Waals surface area contributed by atoms with Gasteiger partial charge in [-0.25, -0.2) is 0 Å². The summed E-state index contributed by atoms with van der Waals surface area (Å²) in [5, 5.41) is 0. The number of hydrogen-bond donors (Lipinski definition) is 1. The Morgan fingerprint density at radius 2 is 2.00 bits per heavy atom. The highest BCUT2D eigenvalue weighted by Crippen LogP contribution is 1.91. The zero-order valence-corrected chi connectivity index (χ0v) is 8.58. The summed E-state index contributed by atoms with van der Waals surface area (Å²) in [6.07, 6.45) is 2.06. The van der Waals surface area contributed by atoms with Gasteiger partial charge < -0.3 is 15.2 Å². The maximum Gasteiger partial charge on any atom is 0.0905 e. The third-order valence-corrected chi connectivity index (χ3v) is 1.49. The quantitative estimate of drug-likeness (QED) is 0.348. The summed E-state index contributed by atoms with van der Waals surface area (Å²) in [7, 11) is 1.67. The first-order chi connectivity index (χ1) is 6.27. The van der Waals surface area contributed by atoms with Gasteiger partial charge in [0.15, 0.2) is 0 Å². The number of rotatable bonds is 8. The molecular weight excluding hydrogens is 168 g/mol. The van der Waals surface area contributed by atoms with E-state index in [9.17, 15) is 0 Å². The van der Waals surface area contributed by atoms with Gasteiger partial charge in [0, 0.05) is 20.3 Å². The Morgan fingerprint density at radius 3 is 2.62 bits per heavy atom. The van der Waals surface area contributed by atoms with Crippen molar-refractivity contribution >= 4 is 5.84 Å². The number of aliphatic imine (C=N–C) groups is 1. The fourth-order valence-corrected chi connectivity index (χ4v) is 0.816. The van der Waals surface area contributed by atoms with Crippen LogP contribution in [0.3, 0.4) is 0 Å². The SMILES string of the molecule is COCCOCCCCN=C(C)N. The van der Waals surface area contributed by atoms with Crippen molar-refractivity contribution in [3.05, 3.63) is 0 Å². The molecule has 0 saturated heterocycles. The summed E-state index contributed by atoms with van der Waals surface area (Å²) in [6, 6.07) is 0. The van der Waals surface area contributed by atoms with Crippen LogP contribution in [0.4, 0.5) is 0 Å². The molecule has 0 aromatic heterocycles. The Bertz CT molecular complexity index is 134. The molecule has 78 valence electrons. The molecule has 4 nitrogen and oxygen atoms in total. The summed E-state index contributed by atoms with van der Waals surface area (Å²) in [5.74, 6) is 0.653. The van der Waals surface area contributed by atoms with Gasteiger partial charge in [0.25, 0.3) is 0 Å². The van der Waals surface area contributed by atoms with E-state index in [2.05, 4.69) is 4.99 Å². The minimum absolute atomic E-state index is 0.653. The Balaban J connectivity index is 2.96. The molecule has 0 aromatic carbocycles. The largest absolute Gasteiger partial charge is 0.388 e. The van der Waals surface area contributed by atoms with Crippen molar-refractivity contribution in [1.82, 2.24) is 0 Å². The number of ether oxygens (including phenoxy) is 2. The van der Waals surface area contributed by atoms with E-state index in [1.165, 1.54) is 0 Å². The summed E-state index contributed by atoms with van der Waals surface area (Å²) in [4.78, 5) is 4.07. The molecule has 0 aliphatic heterocycles. The second-order valence-electron chi connectivity index (χ2n) is 2.84. The highest BCUT2D eigenvalue weighted by atomic mass is 16.5. The molecule has 0 rings (SSSR count). The molecule has 0 heterocycles. The lowest BCUT2D eigenvalue weighted by Crippen LogP contribution is -2.06. The normalized spacial score (nSPS) is 12.0. The lowest BCUT2D eigenvalue weighted by atomic mass is 10.3. The van der Waals surface area contributed by atoms with Crippen LogP contribution in [0.5, 0.6) is 0 Å². The first kappa shape index (κ1) is 12.4. The van der Waals surface area contributed by atoms with Crippen LogP contribution in [-0.2, 0) is 9.47 Å². The van der Waals surface area contributed by atoms with E-state index in [1.54, 1.807) is 14.0 Å². The van der Waals surface area contributed by atoms with Crippen LogP contribution < -0.4 is 5.73 Å². The maximum absolute atomic E-state index is 5.38. The van der Waals surface area contributed by atoms with Crippen molar-refractivity contribution in [3.63, 3.8) is 0 Å². The molecule has 0 aromatic rings. The van der Waals surface area contributed by atoms with Crippen molar-refractivity contribution < 1.29 is 9.47 Å². The van der Waals surface area contributed by atoms with Crippen LogP contribution >= 0.6 is 0 Å². The van der Waals surface area contributed by atoms with Crippen LogP contribution in [0.1, 0.15) is 19.8 Å². The van der Waals surface area contributed by atoms with Gasteiger partial charge in [-0.1, -0.05) is 0 Å². The van der Waals surface area contributed by atoms with Gasteiger partial charge in [0.2, 0.25) is 0 Å². The topological polar surface area (TPSA) is 56.8 Å².